The van der Waals surface area contributed by atoms with Crippen LogP contribution in [0, 0.1) is 0 Å². The number of hydrogen-bond donors (Lipinski definition) is 0. The van der Waals surface area contributed by atoms with Crippen molar-refractivity contribution in [1.82, 2.24) is 0 Å². The van der Waals surface area contributed by atoms with Crippen LogP contribution in [-0.2, 0) is 0 Å². The van der Waals surface area contributed by atoms with Crippen molar-refractivity contribution in [2.75, 3.05) is 0 Å². The molecule has 4 aromatic rings. The van der Waals surface area contributed by atoms with E-state index in [-0.39, 0.29) is 5.78 Å². The third kappa shape index (κ3) is 3.13. The highest BCUT2D eigenvalue weighted by molar-refractivity contribution is 9.10. The highest BCUT2D eigenvalue weighted by atomic mass is 79.9. The normalized spacial score (nSPS) is 11.4. The molecule has 4 aromatic carbocycles. The third-order valence-corrected chi connectivity index (χ3v) is 4.87. The van der Waals surface area contributed by atoms with Crippen LogP contribution >= 0.6 is 15.9 Å². The fourth-order valence-electron chi connectivity index (χ4n) is 3.10. The van der Waals surface area contributed by atoms with Crippen LogP contribution in [0.5, 0.6) is 0 Å². The molecular formula is C23H15BrO. The van der Waals surface area contributed by atoms with Gasteiger partial charge in [-0.3, -0.25) is 4.79 Å². The first kappa shape index (κ1) is 15.8. The molecule has 0 bridgehead atoms. The smallest absolute Gasteiger partial charge is 0.185 e. The zero-order chi connectivity index (χ0) is 17.2. The van der Waals surface area contributed by atoms with Crippen LogP contribution in [0.3, 0.4) is 0 Å². The Morgan fingerprint density at radius 1 is 0.760 bits per heavy atom. The standard InChI is InChI=1S/C23H15BrO/c24-19-11-9-16(10-12-19)23(25)14-13-22-20-7-3-1-5-17(20)15-18-6-2-4-8-21(18)22/h1-15H. The molecule has 4 rings (SSSR count). The number of benzene rings is 4. The predicted octanol–water partition coefficient (Wildman–Crippen LogP) is 6.65. The van der Waals surface area contributed by atoms with Gasteiger partial charge in [0.25, 0.3) is 0 Å². The summed E-state index contributed by atoms with van der Waals surface area (Å²) in [6, 6.07) is 26.2. The Labute approximate surface area is 154 Å². The van der Waals surface area contributed by atoms with E-state index >= 15 is 0 Å². The minimum Gasteiger partial charge on any atom is -0.289 e. The second kappa shape index (κ2) is 6.66. The van der Waals surface area contributed by atoms with Crippen LogP contribution < -0.4 is 0 Å². The van der Waals surface area contributed by atoms with Crippen molar-refractivity contribution in [1.29, 1.82) is 0 Å². The van der Waals surface area contributed by atoms with E-state index in [2.05, 4.69) is 46.3 Å². The average Bonchev–Trinajstić information content (AvgIpc) is 2.65. The predicted molar refractivity (Wildman–Crippen MR) is 109 cm³/mol. The van der Waals surface area contributed by atoms with Crippen LogP contribution in [0.25, 0.3) is 27.6 Å². The molecule has 0 fully saturated rings. The summed E-state index contributed by atoms with van der Waals surface area (Å²) in [5, 5.41) is 4.66. The van der Waals surface area contributed by atoms with E-state index < -0.39 is 0 Å². The van der Waals surface area contributed by atoms with Crippen molar-refractivity contribution >= 4 is 49.3 Å². The molecule has 0 N–H and O–H groups in total. The van der Waals surface area contributed by atoms with Crippen molar-refractivity contribution in [3.8, 4) is 0 Å². The van der Waals surface area contributed by atoms with Gasteiger partial charge in [0, 0.05) is 10.0 Å². The number of allylic oxidation sites excluding steroid dienone is 1. The van der Waals surface area contributed by atoms with E-state index in [1.807, 2.05) is 54.6 Å². The number of hydrogen-bond acceptors (Lipinski definition) is 1. The maximum Gasteiger partial charge on any atom is 0.185 e. The number of fused-ring (bicyclic) bond motifs is 2. The quantitative estimate of drug-likeness (QED) is 0.218. The Balaban J connectivity index is 1.84. The minimum atomic E-state index is 0.00418. The lowest BCUT2D eigenvalue weighted by Gasteiger charge is -2.08. The number of rotatable bonds is 3. The van der Waals surface area contributed by atoms with Gasteiger partial charge in [-0.25, -0.2) is 0 Å². The summed E-state index contributed by atoms with van der Waals surface area (Å²) in [5.41, 5.74) is 1.77. The van der Waals surface area contributed by atoms with E-state index in [0.29, 0.717) is 5.56 Å². The van der Waals surface area contributed by atoms with Crippen molar-refractivity contribution in [2.24, 2.45) is 0 Å². The maximum absolute atomic E-state index is 12.5. The van der Waals surface area contributed by atoms with Gasteiger partial charge in [-0.05, 0) is 69.6 Å². The molecule has 0 saturated heterocycles. The summed E-state index contributed by atoms with van der Waals surface area (Å²) >= 11 is 3.40. The van der Waals surface area contributed by atoms with Crippen LogP contribution in [0.2, 0.25) is 0 Å². The van der Waals surface area contributed by atoms with Crippen molar-refractivity contribution in [3.05, 3.63) is 101 Å². The Morgan fingerprint density at radius 2 is 1.32 bits per heavy atom. The molecule has 0 aliphatic carbocycles. The van der Waals surface area contributed by atoms with Gasteiger partial charge < -0.3 is 0 Å². The zero-order valence-electron chi connectivity index (χ0n) is 13.4. The molecule has 0 unspecified atom stereocenters. The van der Waals surface area contributed by atoms with Crippen LogP contribution in [0.1, 0.15) is 15.9 Å². The Morgan fingerprint density at radius 3 is 1.92 bits per heavy atom. The lowest BCUT2D eigenvalue weighted by Crippen LogP contribution is -1.93. The lowest BCUT2D eigenvalue weighted by molar-refractivity contribution is 0.104. The number of ketones is 1. The molecule has 0 heterocycles. The molecule has 0 spiro atoms. The number of halogens is 1. The first-order valence-electron chi connectivity index (χ1n) is 8.11. The Kier molecular flexibility index (Phi) is 4.21. The van der Waals surface area contributed by atoms with Crippen LogP contribution in [0.15, 0.2) is 89.4 Å². The molecule has 0 radical (unpaired) electrons. The second-order valence-corrected chi connectivity index (χ2v) is 6.85. The first-order chi connectivity index (χ1) is 12.2. The van der Waals surface area contributed by atoms with Gasteiger partial charge in [0.2, 0.25) is 0 Å². The number of carbonyl (C=O) groups is 1. The molecule has 0 saturated carbocycles. The monoisotopic (exact) mass is 386 g/mol. The molecular weight excluding hydrogens is 372 g/mol. The van der Waals surface area contributed by atoms with Gasteiger partial charge in [-0.1, -0.05) is 64.5 Å². The molecule has 0 aliphatic heterocycles. The molecule has 120 valence electrons. The lowest BCUT2D eigenvalue weighted by atomic mass is 9.96. The Bertz CT molecular complexity index is 1050. The van der Waals surface area contributed by atoms with Gasteiger partial charge in [0.05, 0.1) is 0 Å². The largest absolute Gasteiger partial charge is 0.289 e. The molecule has 25 heavy (non-hydrogen) atoms. The highest BCUT2D eigenvalue weighted by Crippen LogP contribution is 2.29. The van der Waals surface area contributed by atoms with Crippen LogP contribution in [0.4, 0.5) is 0 Å². The molecule has 0 amide bonds. The SMILES string of the molecule is O=C(C=Cc1c2ccccc2cc2ccccc12)c1ccc(Br)cc1. The first-order valence-corrected chi connectivity index (χ1v) is 8.90. The summed E-state index contributed by atoms with van der Waals surface area (Å²) in [6.45, 7) is 0. The molecule has 0 aromatic heterocycles. The van der Waals surface area contributed by atoms with E-state index in [9.17, 15) is 4.79 Å². The van der Waals surface area contributed by atoms with E-state index in [1.54, 1.807) is 6.08 Å². The van der Waals surface area contributed by atoms with Crippen molar-refractivity contribution < 1.29 is 4.79 Å². The molecule has 1 nitrogen and oxygen atoms in total. The summed E-state index contributed by atoms with van der Waals surface area (Å²) in [6.07, 6.45) is 3.60. The summed E-state index contributed by atoms with van der Waals surface area (Å²) in [4.78, 5) is 12.5. The fourth-order valence-corrected chi connectivity index (χ4v) is 3.36. The zero-order valence-corrected chi connectivity index (χ0v) is 15.0. The summed E-state index contributed by atoms with van der Waals surface area (Å²) in [5.74, 6) is 0.00418. The van der Waals surface area contributed by atoms with Gasteiger partial charge in [-0.2, -0.15) is 0 Å². The Hall–Kier alpha value is -2.71. The van der Waals surface area contributed by atoms with Gasteiger partial charge in [-0.15, -0.1) is 0 Å². The van der Waals surface area contributed by atoms with E-state index in [0.717, 1.165) is 20.8 Å². The fraction of sp³-hybridized carbons (Fsp3) is 0. The molecule has 0 atom stereocenters. The summed E-state index contributed by atoms with van der Waals surface area (Å²) < 4.78 is 0.966. The van der Waals surface area contributed by atoms with Gasteiger partial charge >= 0.3 is 0 Å². The highest BCUT2D eigenvalue weighted by Gasteiger charge is 2.06. The summed E-state index contributed by atoms with van der Waals surface area (Å²) in [7, 11) is 0. The van der Waals surface area contributed by atoms with Crippen molar-refractivity contribution in [3.63, 3.8) is 0 Å². The topological polar surface area (TPSA) is 17.1 Å². The average molecular weight is 387 g/mol. The molecule has 0 aliphatic rings. The second-order valence-electron chi connectivity index (χ2n) is 5.94. The van der Waals surface area contributed by atoms with Crippen LogP contribution in [-0.4, -0.2) is 5.78 Å². The van der Waals surface area contributed by atoms with Gasteiger partial charge in [0.15, 0.2) is 5.78 Å². The number of carbonyl (C=O) groups excluding carboxylic acids is 1. The minimum absolute atomic E-state index is 0.00418. The third-order valence-electron chi connectivity index (χ3n) is 4.34. The maximum atomic E-state index is 12.5. The van der Waals surface area contributed by atoms with Gasteiger partial charge in [0.1, 0.15) is 0 Å². The van der Waals surface area contributed by atoms with E-state index in [4.69, 9.17) is 0 Å². The van der Waals surface area contributed by atoms with Crippen molar-refractivity contribution in [2.45, 2.75) is 0 Å². The molecule has 2 heteroatoms. The van der Waals surface area contributed by atoms with E-state index in [1.165, 1.54) is 10.8 Å².